The minimum atomic E-state index is -0.983. The molecule has 1 aliphatic carbocycles. The molecule has 1 aromatic carbocycles. The summed E-state index contributed by atoms with van der Waals surface area (Å²) >= 11 is 1.40. The van der Waals surface area contributed by atoms with E-state index in [0.717, 1.165) is 12.0 Å². The molecule has 30 heavy (non-hydrogen) atoms. The Morgan fingerprint density at radius 1 is 0.900 bits per heavy atom. The van der Waals surface area contributed by atoms with Crippen molar-refractivity contribution in [3.05, 3.63) is 82.3 Å². The molecule has 1 saturated carbocycles. The highest BCUT2D eigenvalue weighted by Gasteiger charge is 2.41. The Hall–Kier alpha value is -3.33. The third-order valence-corrected chi connectivity index (χ3v) is 5.69. The van der Waals surface area contributed by atoms with Gasteiger partial charge in [0.2, 0.25) is 5.82 Å². The highest BCUT2D eigenvalue weighted by Crippen LogP contribution is 2.55. The molecule has 6 nitrogen and oxygen atoms in total. The molecule has 0 N–H and O–H groups in total. The number of rotatable bonds is 6. The van der Waals surface area contributed by atoms with Crippen molar-refractivity contribution in [2.45, 2.75) is 24.9 Å². The lowest BCUT2D eigenvalue weighted by atomic mass is 10.1. The zero-order chi connectivity index (χ0) is 20.5. The largest absolute Gasteiger partial charge is 0.483 e. The van der Waals surface area contributed by atoms with Crippen molar-refractivity contribution >= 4 is 11.3 Å². The van der Waals surface area contributed by atoms with Gasteiger partial charge < -0.3 is 4.74 Å². The van der Waals surface area contributed by atoms with Gasteiger partial charge in [-0.3, -0.25) is 0 Å². The van der Waals surface area contributed by atoms with E-state index < -0.39 is 11.6 Å². The van der Waals surface area contributed by atoms with Crippen LogP contribution in [0, 0.1) is 11.6 Å². The Bertz CT molecular complexity index is 1160. The van der Waals surface area contributed by atoms with E-state index in [1.807, 2.05) is 0 Å². The maximum atomic E-state index is 14.2. The quantitative estimate of drug-likeness (QED) is 0.454. The van der Waals surface area contributed by atoms with E-state index in [9.17, 15) is 8.78 Å². The number of thiazole rings is 1. The highest BCUT2D eigenvalue weighted by atomic mass is 32.1. The molecule has 2 atom stereocenters. The number of aromatic nitrogens is 5. The number of benzene rings is 1. The lowest BCUT2D eigenvalue weighted by Gasteiger charge is -2.09. The molecule has 0 aliphatic heterocycles. The molecule has 3 heterocycles. The smallest absolute Gasteiger partial charge is 0.200 e. The van der Waals surface area contributed by atoms with Gasteiger partial charge in [0.25, 0.3) is 0 Å². The summed E-state index contributed by atoms with van der Waals surface area (Å²) in [7, 11) is 0. The molecule has 0 radical (unpaired) electrons. The first-order chi connectivity index (χ1) is 14.7. The van der Waals surface area contributed by atoms with Crippen LogP contribution in [0.1, 0.15) is 34.4 Å². The van der Waals surface area contributed by atoms with Gasteiger partial charge in [-0.15, -0.1) is 11.3 Å². The van der Waals surface area contributed by atoms with Crippen LogP contribution < -0.4 is 4.74 Å². The molecule has 5 rings (SSSR count). The number of hydrogen-bond acceptors (Lipinski definition) is 7. The van der Waals surface area contributed by atoms with E-state index in [2.05, 4.69) is 24.9 Å². The summed E-state index contributed by atoms with van der Waals surface area (Å²) in [6.07, 6.45) is 9.19. The minimum absolute atomic E-state index is 0.0599. The summed E-state index contributed by atoms with van der Waals surface area (Å²) in [5.74, 6) is -0.889. The number of halogens is 2. The summed E-state index contributed by atoms with van der Waals surface area (Å²) in [6.45, 7) is 0.0996. The Morgan fingerprint density at radius 3 is 2.37 bits per heavy atom. The molecule has 0 bridgehead atoms. The molecule has 0 spiro atoms. The highest BCUT2D eigenvalue weighted by molar-refractivity contribution is 7.09. The van der Waals surface area contributed by atoms with Gasteiger partial charge in [0.1, 0.15) is 11.6 Å². The van der Waals surface area contributed by atoms with Crippen LogP contribution in [0.25, 0.3) is 11.6 Å². The second-order valence-electron chi connectivity index (χ2n) is 6.89. The molecule has 9 heteroatoms. The normalized spacial score (nSPS) is 17.7. The van der Waals surface area contributed by atoms with Crippen LogP contribution in [0.2, 0.25) is 0 Å². The van der Waals surface area contributed by atoms with Gasteiger partial charge in [0.15, 0.2) is 23.2 Å². The van der Waals surface area contributed by atoms with Gasteiger partial charge >= 0.3 is 0 Å². The van der Waals surface area contributed by atoms with Gasteiger partial charge in [-0.2, -0.15) is 4.39 Å². The molecule has 3 aromatic heterocycles. The summed E-state index contributed by atoms with van der Waals surface area (Å²) in [5.41, 5.74) is 1.64. The average Bonchev–Trinajstić information content (AvgIpc) is 3.41. The maximum Gasteiger partial charge on any atom is 0.200 e. The summed E-state index contributed by atoms with van der Waals surface area (Å²) < 4.78 is 33.8. The van der Waals surface area contributed by atoms with E-state index in [1.165, 1.54) is 17.4 Å². The molecule has 1 fully saturated rings. The molecule has 4 aromatic rings. The van der Waals surface area contributed by atoms with Crippen molar-refractivity contribution in [3.63, 3.8) is 0 Å². The van der Waals surface area contributed by atoms with E-state index in [0.29, 0.717) is 22.2 Å². The SMILES string of the molecule is Fc1cc(C2CC2c2cnc(-c3ncccn3)nc2)cc(OCc2nccs2)c1F. The fraction of sp³-hybridized carbons (Fsp3) is 0.190. The van der Waals surface area contributed by atoms with Gasteiger partial charge in [-0.05, 0) is 47.6 Å². The van der Waals surface area contributed by atoms with Crippen molar-refractivity contribution < 1.29 is 13.5 Å². The van der Waals surface area contributed by atoms with Gasteiger partial charge in [0.05, 0.1) is 0 Å². The van der Waals surface area contributed by atoms with Crippen LogP contribution in [-0.4, -0.2) is 24.9 Å². The maximum absolute atomic E-state index is 14.2. The molecule has 0 saturated heterocycles. The van der Waals surface area contributed by atoms with Crippen molar-refractivity contribution in [1.82, 2.24) is 24.9 Å². The van der Waals surface area contributed by atoms with Crippen molar-refractivity contribution in [1.29, 1.82) is 0 Å². The Balaban J connectivity index is 1.32. The molecular weight excluding hydrogens is 408 g/mol. The molecular formula is C21H15F2N5OS. The molecule has 2 unspecified atom stereocenters. The second kappa shape index (κ2) is 7.83. The molecule has 150 valence electrons. The van der Waals surface area contributed by atoms with Gasteiger partial charge in [0, 0.05) is 36.4 Å². The zero-order valence-corrected chi connectivity index (χ0v) is 16.4. The van der Waals surface area contributed by atoms with Crippen LogP contribution in [0.3, 0.4) is 0 Å². The Morgan fingerprint density at radius 2 is 1.63 bits per heavy atom. The first kappa shape index (κ1) is 18.7. The summed E-state index contributed by atoms with van der Waals surface area (Å²) in [4.78, 5) is 21.0. The third kappa shape index (κ3) is 3.76. The number of hydrogen-bond donors (Lipinski definition) is 0. The third-order valence-electron chi connectivity index (χ3n) is 4.94. The van der Waals surface area contributed by atoms with Crippen molar-refractivity contribution in [3.8, 4) is 17.4 Å². The van der Waals surface area contributed by atoms with Crippen LogP contribution >= 0.6 is 11.3 Å². The number of ether oxygens (including phenoxy) is 1. The first-order valence-corrected chi connectivity index (χ1v) is 10.2. The Kier molecular flexibility index (Phi) is 4.88. The lowest BCUT2D eigenvalue weighted by molar-refractivity contribution is 0.283. The van der Waals surface area contributed by atoms with E-state index in [-0.39, 0.29) is 24.2 Å². The van der Waals surface area contributed by atoms with Crippen molar-refractivity contribution in [2.24, 2.45) is 0 Å². The minimum Gasteiger partial charge on any atom is -0.483 e. The fourth-order valence-electron chi connectivity index (χ4n) is 3.36. The lowest BCUT2D eigenvalue weighted by Crippen LogP contribution is -2.00. The van der Waals surface area contributed by atoms with E-state index in [1.54, 1.807) is 48.5 Å². The average molecular weight is 423 g/mol. The fourth-order valence-corrected chi connectivity index (χ4v) is 3.89. The van der Waals surface area contributed by atoms with Crippen LogP contribution in [-0.2, 0) is 6.61 Å². The predicted octanol–water partition coefficient (Wildman–Crippen LogP) is 4.52. The second-order valence-corrected chi connectivity index (χ2v) is 7.87. The molecule has 1 aliphatic rings. The van der Waals surface area contributed by atoms with Crippen molar-refractivity contribution in [2.75, 3.05) is 0 Å². The van der Waals surface area contributed by atoms with E-state index >= 15 is 0 Å². The molecule has 0 amide bonds. The number of nitrogens with zero attached hydrogens (tertiary/aromatic N) is 5. The van der Waals surface area contributed by atoms with Crippen LogP contribution in [0.4, 0.5) is 8.78 Å². The predicted molar refractivity (Wildman–Crippen MR) is 106 cm³/mol. The Labute approximate surface area is 174 Å². The topological polar surface area (TPSA) is 73.7 Å². The van der Waals surface area contributed by atoms with Gasteiger partial charge in [-0.25, -0.2) is 29.3 Å². The first-order valence-electron chi connectivity index (χ1n) is 9.28. The monoisotopic (exact) mass is 423 g/mol. The summed E-state index contributed by atoms with van der Waals surface area (Å²) in [5, 5.41) is 2.50. The van der Waals surface area contributed by atoms with Crippen LogP contribution in [0.5, 0.6) is 5.75 Å². The summed E-state index contributed by atoms with van der Waals surface area (Å²) in [6, 6.07) is 4.54. The van der Waals surface area contributed by atoms with Crippen LogP contribution in [0.15, 0.2) is 54.6 Å². The van der Waals surface area contributed by atoms with E-state index in [4.69, 9.17) is 4.74 Å². The zero-order valence-electron chi connectivity index (χ0n) is 15.6. The van der Waals surface area contributed by atoms with Gasteiger partial charge in [-0.1, -0.05) is 0 Å². The standard InChI is InChI=1S/C21H15F2N5OS/c22-16-6-12(7-17(19(16)23)29-11-18-24-4-5-30-18)14-8-15(14)13-9-27-21(28-10-13)20-25-2-1-3-26-20/h1-7,9-10,14-15H,8,11H2.